The summed E-state index contributed by atoms with van der Waals surface area (Å²) < 4.78 is 1.73. The minimum atomic E-state index is -0.194. The molecule has 7 heteroatoms. The van der Waals surface area contributed by atoms with Crippen LogP contribution in [0.2, 0.25) is 5.02 Å². The Hall–Kier alpha value is -1.82. The van der Waals surface area contributed by atoms with Crippen molar-refractivity contribution in [1.82, 2.24) is 24.9 Å². The smallest absolute Gasteiger partial charge is 0.273 e. The molecule has 0 atom stereocenters. The number of nitrogens with one attached hydrogen (secondary N) is 1. The van der Waals surface area contributed by atoms with Crippen LogP contribution in [0.3, 0.4) is 0 Å². The first-order chi connectivity index (χ1) is 8.49. The van der Waals surface area contributed by atoms with Crippen LogP contribution in [-0.2, 0) is 13.6 Å². The number of H-pyrrole nitrogens is 1. The van der Waals surface area contributed by atoms with Crippen LogP contribution in [0.5, 0.6) is 0 Å². The fourth-order valence-corrected chi connectivity index (χ4v) is 1.92. The minimum absolute atomic E-state index is 0.194. The number of carbonyl (C=O) groups excluding carboxylic acids is 1. The molecule has 0 aliphatic rings. The summed E-state index contributed by atoms with van der Waals surface area (Å²) >= 11 is 5.86. The Morgan fingerprint density at radius 2 is 2.33 bits per heavy atom. The second-order valence-electron chi connectivity index (χ2n) is 4.17. The summed E-state index contributed by atoms with van der Waals surface area (Å²) in [6, 6.07) is 0. The van der Waals surface area contributed by atoms with Crippen molar-refractivity contribution in [2.24, 2.45) is 7.05 Å². The molecule has 0 radical (unpaired) electrons. The van der Waals surface area contributed by atoms with Crippen molar-refractivity contribution >= 4 is 17.5 Å². The van der Waals surface area contributed by atoms with E-state index in [1.165, 1.54) is 6.20 Å². The van der Waals surface area contributed by atoms with Gasteiger partial charge in [-0.3, -0.25) is 14.6 Å². The lowest BCUT2D eigenvalue weighted by Gasteiger charge is -2.15. The van der Waals surface area contributed by atoms with E-state index in [0.717, 1.165) is 11.3 Å². The van der Waals surface area contributed by atoms with Crippen molar-refractivity contribution in [2.45, 2.75) is 13.5 Å². The van der Waals surface area contributed by atoms with Crippen LogP contribution in [0.4, 0.5) is 0 Å². The van der Waals surface area contributed by atoms with Crippen LogP contribution in [0.25, 0.3) is 0 Å². The van der Waals surface area contributed by atoms with Gasteiger partial charge in [0.15, 0.2) is 0 Å². The number of aromatic nitrogens is 4. The Labute approximate surface area is 110 Å². The van der Waals surface area contributed by atoms with Crippen LogP contribution in [0.15, 0.2) is 12.4 Å². The lowest BCUT2D eigenvalue weighted by molar-refractivity contribution is 0.0779. The third kappa shape index (κ3) is 2.38. The van der Waals surface area contributed by atoms with Crippen molar-refractivity contribution in [3.8, 4) is 0 Å². The normalized spacial score (nSPS) is 10.7. The highest BCUT2D eigenvalue weighted by Crippen LogP contribution is 2.15. The highest BCUT2D eigenvalue weighted by molar-refractivity contribution is 6.33. The average Bonchev–Trinajstić information content (AvgIpc) is 2.85. The van der Waals surface area contributed by atoms with Gasteiger partial charge in [0.1, 0.15) is 5.69 Å². The first kappa shape index (κ1) is 12.6. The molecule has 0 saturated heterocycles. The van der Waals surface area contributed by atoms with Gasteiger partial charge in [-0.1, -0.05) is 11.6 Å². The summed E-state index contributed by atoms with van der Waals surface area (Å²) in [7, 11) is 3.57. The highest BCUT2D eigenvalue weighted by atomic mass is 35.5. The van der Waals surface area contributed by atoms with E-state index < -0.39 is 0 Å². The van der Waals surface area contributed by atoms with Gasteiger partial charge in [0.05, 0.1) is 16.9 Å². The predicted octanol–water partition coefficient (Wildman–Crippen LogP) is 1.38. The Kier molecular flexibility index (Phi) is 3.38. The summed E-state index contributed by atoms with van der Waals surface area (Å²) in [6.45, 7) is 2.39. The quantitative estimate of drug-likeness (QED) is 0.914. The number of halogens is 1. The zero-order valence-corrected chi connectivity index (χ0v) is 11.2. The Morgan fingerprint density at radius 3 is 2.83 bits per heavy atom. The molecule has 0 unspecified atom stereocenters. The zero-order chi connectivity index (χ0) is 13.3. The van der Waals surface area contributed by atoms with Gasteiger partial charge < -0.3 is 4.90 Å². The van der Waals surface area contributed by atoms with E-state index in [1.54, 1.807) is 16.6 Å². The summed E-state index contributed by atoms with van der Waals surface area (Å²) in [6.07, 6.45) is 3.31. The van der Waals surface area contributed by atoms with Gasteiger partial charge in [-0.15, -0.1) is 0 Å². The molecule has 2 heterocycles. The molecule has 0 aliphatic carbocycles. The van der Waals surface area contributed by atoms with E-state index >= 15 is 0 Å². The molecule has 2 rings (SSSR count). The largest absolute Gasteiger partial charge is 0.336 e. The van der Waals surface area contributed by atoms with Crippen molar-refractivity contribution in [3.63, 3.8) is 0 Å². The second kappa shape index (κ2) is 4.81. The summed E-state index contributed by atoms with van der Waals surface area (Å²) in [5, 5.41) is 10.9. The number of carbonyl (C=O) groups is 1. The van der Waals surface area contributed by atoms with E-state index in [0.29, 0.717) is 17.3 Å². The molecule has 2 aromatic rings. The van der Waals surface area contributed by atoms with E-state index in [-0.39, 0.29) is 5.91 Å². The number of hydrogen-bond donors (Lipinski definition) is 1. The number of aromatic amines is 1. The Balaban J connectivity index is 2.13. The number of hydrogen-bond acceptors (Lipinski definition) is 3. The number of amides is 1. The highest BCUT2D eigenvalue weighted by Gasteiger charge is 2.18. The lowest BCUT2D eigenvalue weighted by atomic mass is 10.2. The molecule has 2 aromatic heterocycles. The third-order valence-electron chi connectivity index (χ3n) is 2.68. The second-order valence-corrected chi connectivity index (χ2v) is 4.57. The summed E-state index contributed by atoms with van der Waals surface area (Å²) in [5.74, 6) is -0.194. The maximum atomic E-state index is 12.1. The Bertz CT molecular complexity index is 574. The molecule has 96 valence electrons. The SMILES string of the molecule is Cc1nn(C)cc1CN(C)C(=O)c1[nH]ncc1Cl. The standard InChI is InChI=1S/C11H14ClN5O/c1-7-8(6-17(3)15-7)5-16(2)11(18)10-9(12)4-13-14-10/h4,6H,5H2,1-3H3,(H,13,14). The van der Waals surface area contributed by atoms with E-state index in [1.807, 2.05) is 20.2 Å². The topological polar surface area (TPSA) is 66.8 Å². The molecular weight excluding hydrogens is 254 g/mol. The molecular formula is C11H14ClN5O. The van der Waals surface area contributed by atoms with Gasteiger partial charge in [0.25, 0.3) is 5.91 Å². The predicted molar refractivity (Wildman–Crippen MR) is 67.3 cm³/mol. The maximum Gasteiger partial charge on any atom is 0.273 e. The van der Waals surface area contributed by atoms with Crippen LogP contribution in [0.1, 0.15) is 21.7 Å². The summed E-state index contributed by atoms with van der Waals surface area (Å²) in [4.78, 5) is 13.7. The summed E-state index contributed by atoms with van der Waals surface area (Å²) in [5.41, 5.74) is 2.22. The van der Waals surface area contributed by atoms with Crippen molar-refractivity contribution < 1.29 is 4.79 Å². The van der Waals surface area contributed by atoms with Gasteiger partial charge >= 0.3 is 0 Å². The zero-order valence-electron chi connectivity index (χ0n) is 10.4. The van der Waals surface area contributed by atoms with Crippen LogP contribution >= 0.6 is 11.6 Å². The molecule has 1 amide bonds. The van der Waals surface area contributed by atoms with Gasteiger partial charge in [-0.2, -0.15) is 10.2 Å². The molecule has 0 aromatic carbocycles. The molecule has 1 N–H and O–H groups in total. The molecule has 0 bridgehead atoms. The fraction of sp³-hybridized carbons (Fsp3) is 0.364. The number of nitrogens with zero attached hydrogens (tertiary/aromatic N) is 4. The Morgan fingerprint density at radius 1 is 1.61 bits per heavy atom. The molecule has 0 aliphatic heterocycles. The minimum Gasteiger partial charge on any atom is -0.336 e. The van der Waals surface area contributed by atoms with Gasteiger partial charge in [-0.25, -0.2) is 0 Å². The van der Waals surface area contributed by atoms with Crippen LogP contribution < -0.4 is 0 Å². The molecule has 0 saturated carbocycles. The molecule has 18 heavy (non-hydrogen) atoms. The van der Waals surface area contributed by atoms with Gasteiger partial charge in [0.2, 0.25) is 0 Å². The van der Waals surface area contributed by atoms with Gasteiger partial charge in [0, 0.05) is 32.4 Å². The first-order valence-electron chi connectivity index (χ1n) is 5.42. The van der Waals surface area contributed by atoms with Gasteiger partial charge in [-0.05, 0) is 6.92 Å². The lowest BCUT2D eigenvalue weighted by Crippen LogP contribution is -2.27. The van der Waals surface area contributed by atoms with Crippen molar-refractivity contribution in [2.75, 3.05) is 7.05 Å². The maximum absolute atomic E-state index is 12.1. The number of aryl methyl sites for hydroxylation is 2. The van der Waals surface area contributed by atoms with Crippen LogP contribution in [0, 0.1) is 6.92 Å². The molecule has 6 nitrogen and oxygen atoms in total. The van der Waals surface area contributed by atoms with E-state index in [2.05, 4.69) is 15.3 Å². The fourth-order valence-electron chi connectivity index (χ4n) is 1.74. The van der Waals surface area contributed by atoms with Crippen molar-refractivity contribution in [3.05, 3.63) is 34.4 Å². The monoisotopic (exact) mass is 267 g/mol. The number of rotatable bonds is 3. The van der Waals surface area contributed by atoms with E-state index in [9.17, 15) is 4.79 Å². The van der Waals surface area contributed by atoms with E-state index in [4.69, 9.17) is 11.6 Å². The van der Waals surface area contributed by atoms with Crippen LogP contribution in [-0.4, -0.2) is 37.8 Å². The van der Waals surface area contributed by atoms with Crippen molar-refractivity contribution in [1.29, 1.82) is 0 Å². The third-order valence-corrected chi connectivity index (χ3v) is 2.96. The first-order valence-corrected chi connectivity index (χ1v) is 5.80. The molecule has 0 fully saturated rings. The molecule has 0 spiro atoms. The average molecular weight is 268 g/mol.